The lowest BCUT2D eigenvalue weighted by molar-refractivity contribution is 0.0828. The fraction of sp³-hybridized carbons (Fsp3) is 0.974. The van der Waals surface area contributed by atoms with Gasteiger partial charge in [0.2, 0.25) is 0 Å². The van der Waals surface area contributed by atoms with Gasteiger partial charge in [-0.2, -0.15) is 0 Å². The van der Waals surface area contributed by atoms with Crippen LogP contribution in [-0.2, 0) is 4.74 Å². The molecule has 0 spiro atoms. The second kappa shape index (κ2) is 36.4. The molecule has 0 aliphatic carbocycles. The molecule has 0 heterocycles. The summed E-state index contributed by atoms with van der Waals surface area (Å²) in [7, 11) is 0. The van der Waals surface area contributed by atoms with Gasteiger partial charge in [0.25, 0.3) is 0 Å². The number of unbranched alkanes of at least 4 members (excludes halogenated alkanes) is 28. The van der Waals surface area contributed by atoms with Gasteiger partial charge in [0, 0.05) is 6.54 Å². The summed E-state index contributed by atoms with van der Waals surface area (Å²) in [6, 6.07) is 0. The monoisotopic (exact) mass is 596 g/mol. The standard InChI is InChI=1S/C38H77NO3/c1-3-5-7-9-11-13-15-17-19-21-23-25-27-29-31-33-37(42-38(41)39-35-36-40)34-32-30-28-26-24-22-20-18-16-14-12-10-8-6-4-2/h37,40H,3-36H2,1-2H3,(H,39,41). The molecule has 4 heteroatoms. The maximum atomic E-state index is 12.1. The van der Waals surface area contributed by atoms with Crippen LogP contribution in [-0.4, -0.2) is 30.5 Å². The molecule has 0 aromatic rings. The van der Waals surface area contributed by atoms with E-state index in [1.807, 2.05) is 0 Å². The van der Waals surface area contributed by atoms with Crippen LogP contribution in [0.15, 0.2) is 0 Å². The van der Waals surface area contributed by atoms with Crippen LogP contribution in [0.1, 0.15) is 219 Å². The zero-order valence-corrected chi connectivity index (χ0v) is 28.9. The molecule has 0 aliphatic heterocycles. The molecule has 4 nitrogen and oxygen atoms in total. The SMILES string of the molecule is CCCCCCCCCCCCCCCCCC(CCCCCCCCCCCCCCCCC)OC(=O)NCCO. The fourth-order valence-electron chi connectivity index (χ4n) is 6.10. The summed E-state index contributed by atoms with van der Waals surface area (Å²) >= 11 is 0. The van der Waals surface area contributed by atoms with Gasteiger partial charge in [0.1, 0.15) is 6.10 Å². The smallest absolute Gasteiger partial charge is 0.407 e. The van der Waals surface area contributed by atoms with Crippen molar-refractivity contribution in [3.63, 3.8) is 0 Å². The van der Waals surface area contributed by atoms with Crippen LogP contribution >= 0.6 is 0 Å². The lowest BCUT2D eigenvalue weighted by Crippen LogP contribution is -2.31. The minimum atomic E-state index is -0.365. The Labute approximate surface area is 264 Å². The van der Waals surface area contributed by atoms with Gasteiger partial charge in [-0.1, -0.05) is 194 Å². The largest absolute Gasteiger partial charge is 0.446 e. The Balaban J connectivity index is 3.74. The minimum Gasteiger partial charge on any atom is -0.446 e. The number of nitrogens with one attached hydrogen (secondary N) is 1. The van der Waals surface area contributed by atoms with Crippen molar-refractivity contribution in [2.75, 3.05) is 13.2 Å². The van der Waals surface area contributed by atoms with E-state index < -0.39 is 0 Å². The molecule has 0 radical (unpaired) electrons. The molecule has 0 aromatic carbocycles. The van der Waals surface area contributed by atoms with Crippen molar-refractivity contribution in [3.05, 3.63) is 0 Å². The van der Waals surface area contributed by atoms with Gasteiger partial charge in [-0.3, -0.25) is 0 Å². The Morgan fingerprint density at radius 2 is 0.738 bits per heavy atom. The first-order chi connectivity index (χ1) is 20.7. The Bertz CT molecular complexity index is 479. The van der Waals surface area contributed by atoms with Gasteiger partial charge in [0.15, 0.2) is 0 Å². The second-order valence-corrected chi connectivity index (χ2v) is 13.2. The first kappa shape index (κ1) is 41.2. The Hall–Kier alpha value is -0.770. The van der Waals surface area contributed by atoms with Crippen molar-refractivity contribution in [2.24, 2.45) is 0 Å². The molecule has 0 atom stereocenters. The normalized spacial score (nSPS) is 11.4. The van der Waals surface area contributed by atoms with Crippen molar-refractivity contribution in [2.45, 2.75) is 225 Å². The van der Waals surface area contributed by atoms with Crippen LogP contribution in [0.25, 0.3) is 0 Å². The molecule has 0 unspecified atom stereocenters. The molecule has 42 heavy (non-hydrogen) atoms. The Morgan fingerprint density at radius 1 is 0.476 bits per heavy atom. The predicted molar refractivity (Wildman–Crippen MR) is 184 cm³/mol. The fourth-order valence-corrected chi connectivity index (χ4v) is 6.10. The maximum absolute atomic E-state index is 12.1. The first-order valence-corrected chi connectivity index (χ1v) is 19.3. The summed E-state index contributed by atoms with van der Waals surface area (Å²) in [4.78, 5) is 12.1. The quantitative estimate of drug-likeness (QED) is 0.0716. The number of hydrogen-bond acceptors (Lipinski definition) is 3. The van der Waals surface area contributed by atoms with E-state index in [1.165, 1.54) is 180 Å². The van der Waals surface area contributed by atoms with Crippen LogP contribution in [0.3, 0.4) is 0 Å². The summed E-state index contributed by atoms with van der Waals surface area (Å²) in [5.74, 6) is 0. The minimum absolute atomic E-state index is 0.0210. The molecular weight excluding hydrogens is 518 g/mol. The molecule has 0 saturated heterocycles. The zero-order valence-electron chi connectivity index (χ0n) is 28.9. The number of aliphatic hydroxyl groups is 1. The predicted octanol–water partition coefficient (Wildman–Crippen LogP) is 12.6. The molecule has 0 saturated carbocycles. The highest BCUT2D eigenvalue weighted by Gasteiger charge is 2.14. The van der Waals surface area contributed by atoms with Crippen LogP contribution in [0, 0.1) is 0 Å². The van der Waals surface area contributed by atoms with Crippen molar-refractivity contribution in [1.82, 2.24) is 5.32 Å². The van der Waals surface area contributed by atoms with Crippen molar-refractivity contribution < 1.29 is 14.6 Å². The molecule has 0 bridgehead atoms. The van der Waals surface area contributed by atoms with Gasteiger partial charge in [-0.05, 0) is 25.7 Å². The number of ether oxygens (including phenoxy) is 1. The summed E-state index contributed by atoms with van der Waals surface area (Å²) in [6.07, 6.45) is 42.7. The van der Waals surface area contributed by atoms with E-state index in [4.69, 9.17) is 9.84 Å². The third-order valence-electron chi connectivity index (χ3n) is 8.91. The summed E-state index contributed by atoms with van der Waals surface area (Å²) < 4.78 is 5.73. The molecule has 1 amide bonds. The van der Waals surface area contributed by atoms with E-state index >= 15 is 0 Å². The van der Waals surface area contributed by atoms with Crippen LogP contribution in [0.5, 0.6) is 0 Å². The summed E-state index contributed by atoms with van der Waals surface area (Å²) in [5, 5.41) is 11.6. The number of aliphatic hydroxyl groups excluding tert-OH is 1. The topological polar surface area (TPSA) is 58.6 Å². The van der Waals surface area contributed by atoms with E-state index in [0.29, 0.717) is 0 Å². The van der Waals surface area contributed by atoms with Gasteiger partial charge < -0.3 is 15.2 Å². The van der Waals surface area contributed by atoms with Crippen molar-refractivity contribution >= 4 is 6.09 Å². The molecule has 0 fully saturated rings. The number of rotatable bonds is 35. The molecule has 0 aliphatic rings. The van der Waals surface area contributed by atoms with Crippen LogP contribution < -0.4 is 5.32 Å². The van der Waals surface area contributed by atoms with Gasteiger partial charge in [-0.25, -0.2) is 4.79 Å². The van der Waals surface area contributed by atoms with Crippen LogP contribution in [0.2, 0.25) is 0 Å². The first-order valence-electron chi connectivity index (χ1n) is 19.3. The summed E-state index contributed by atoms with van der Waals surface area (Å²) in [6.45, 7) is 4.80. The van der Waals surface area contributed by atoms with E-state index in [9.17, 15) is 4.79 Å². The Kier molecular flexibility index (Phi) is 35.8. The summed E-state index contributed by atoms with van der Waals surface area (Å²) in [5.41, 5.74) is 0. The number of alkyl carbamates (subject to hydrolysis) is 1. The van der Waals surface area contributed by atoms with E-state index in [1.54, 1.807) is 0 Å². The van der Waals surface area contributed by atoms with Crippen molar-refractivity contribution in [3.8, 4) is 0 Å². The highest BCUT2D eigenvalue weighted by molar-refractivity contribution is 5.67. The molecule has 2 N–H and O–H groups in total. The highest BCUT2D eigenvalue weighted by Crippen LogP contribution is 2.19. The molecular formula is C38H77NO3. The van der Waals surface area contributed by atoms with E-state index in [-0.39, 0.29) is 25.3 Å². The third kappa shape index (κ3) is 33.7. The number of hydrogen-bond donors (Lipinski definition) is 2. The van der Waals surface area contributed by atoms with Crippen molar-refractivity contribution in [1.29, 1.82) is 0 Å². The van der Waals surface area contributed by atoms with E-state index in [2.05, 4.69) is 19.2 Å². The zero-order chi connectivity index (χ0) is 30.6. The number of amides is 1. The number of carbonyl (C=O) groups excluding carboxylic acids is 1. The molecule has 0 aromatic heterocycles. The second-order valence-electron chi connectivity index (χ2n) is 13.2. The Morgan fingerprint density at radius 3 is 1.00 bits per heavy atom. The van der Waals surface area contributed by atoms with Crippen LogP contribution in [0.4, 0.5) is 4.79 Å². The van der Waals surface area contributed by atoms with E-state index in [0.717, 1.165) is 25.7 Å². The highest BCUT2D eigenvalue weighted by atomic mass is 16.6. The lowest BCUT2D eigenvalue weighted by atomic mass is 10.0. The average molecular weight is 596 g/mol. The maximum Gasteiger partial charge on any atom is 0.407 e. The molecule has 0 rings (SSSR count). The van der Waals surface area contributed by atoms with Gasteiger partial charge in [-0.15, -0.1) is 0 Å². The average Bonchev–Trinajstić information content (AvgIpc) is 2.99. The number of carbonyl (C=O) groups is 1. The van der Waals surface area contributed by atoms with Gasteiger partial charge in [0.05, 0.1) is 6.61 Å². The van der Waals surface area contributed by atoms with Gasteiger partial charge >= 0.3 is 6.09 Å². The molecule has 252 valence electrons. The lowest BCUT2D eigenvalue weighted by Gasteiger charge is -2.18. The third-order valence-corrected chi connectivity index (χ3v) is 8.91.